The van der Waals surface area contributed by atoms with Crippen LogP contribution in [-0.4, -0.2) is 28.3 Å². The Bertz CT molecular complexity index is 456. The van der Waals surface area contributed by atoms with Crippen molar-refractivity contribution in [1.82, 2.24) is 5.32 Å². The zero-order valence-corrected chi connectivity index (χ0v) is 11.5. The number of benzene rings is 1. The first kappa shape index (κ1) is 13.4. The summed E-state index contributed by atoms with van der Waals surface area (Å²) in [5.74, 6) is -0.397. The molecule has 1 fully saturated rings. The molecule has 1 aromatic rings. The summed E-state index contributed by atoms with van der Waals surface area (Å²) in [7, 11) is 0. The van der Waals surface area contributed by atoms with E-state index in [0.717, 1.165) is 30.2 Å². The predicted molar refractivity (Wildman–Crippen MR) is 71.6 cm³/mol. The maximum absolute atomic E-state index is 12.1. The fourth-order valence-electron chi connectivity index (χ4n) is 2.37. The van der Waals surface area contributed by atoms with Gasteiger partial charge in [0.2, 0.25) is 0 Å². The van der Waals surface area contributed by atoms with Crippen molar-refractivity contribution in [2.24, 2.45) is 0 Å². The van der Waals surface area contributed by atoms with Gasteiger partial charge in [-0.25, -0.2) is 0 Å². The van der Waals surface area contributed by atoms with Crippen LogP contribution in [-0.2, 0) is 0 Å². The highest BCUT2D eigenvalue weighted by Gasteiger charge is 2.35. The fraction of sp³-hybridized carbons (Fsp3) is 0.462. The third kappa shape index (κ3) is 2.67. The van der Waals surface area contributed by atoms with E-state index in [4.69, 9.17) is 0 Å². The summed E-state index contributed by atoms with van der Waals surface area (Å²) >= 11 is 3.27. The van der Waals surface area contributed by atoms with Crippen molar-refractivity contribution in [3.05, 3.63) is 28.2 Å². The number of rotatable bonds is 3. The molecule has 0 bridgehead atoms. The molecule has 0 heterocycles. The molecule has 2 rings (SSSR count). The van der Waals surface area contributed by atoms with E-state index < -0.39 is 5.54 Å². The van der Waals surface area contributed by atoms with Gasteiger partial charge in [-0.3, -0.25) is 4.79 Å². The zero-order chi connectivity index (χ0) is 13.2. The fourth-order valence-corrected chi connectivity index (χ4v) is 2.73. The summed E-state index contributed by atoms with van der Waals surface area (Å²) in [5.41, 5.74) is -0.296. The predicted octanol–water partition coefficient (Wildman–Crippen LogP) is 2.19. The Hall–Kier alpha value is -1.07. The van der Waals surface area contributed by atoms with Crippen molar-refractivity contribution in [1.29, 1.82) is 0 Å². The molecular weight excluding hydrogens is 298 g/mol. The Morgan fingerprint density at radius 3 is 2.67 bits per heavy atom. The lowest BCUT2D eigenvalue weighted by molar-refractivity contribution is 0.0836. The lowest BCUT2D eigenvalue weighted by atomic mass is 9.98. The minimum atomic E-state index is -0.522. The Morgan fingerprint density at radius 2 is 2.06 bits per heavy atom. The van der Waals surface area contributed by atoms with Crippen LogP contribution in [0.5, 0.6) is 5.75 Å². The van der Waals surface area contributed by atoms with Gasteiger partial charge in [0.15, 0.2) is 0 Å². The number of aliphatic hydroxyl groups excluding tert-OH is 1. The van der Waals surface area contributed by atoms with Crippen molar-refractivity contribution in [3.8, 4) is 5.75 Å². The molecular formula is C13H16BrNO3. The second-order valence-corrected chi connectivity index (χ2v) is 5.68. The molecule has 5 heteroatoms. The summed E-state index contributed by atoms with van der Waals surface area (Å²) in [6.07, 6.45) is 3.57. The molecule has 1 aliphatic carbocycles. The maximum Gasteiger partial charge on any atom is 0.255 e. The molecule has 0 aromatic heterocycles. The van der Waals surface area contributed by atoms with Crippen molar-refractivity contribution in [2.45, 2.75) is 31.2 Å². The van der Waals surface area contributed by atoms with E-state index in [0.29, 0.717) is 0 Å². The van der Waals surface area contributed by atoms with Gasteiger partial charge in [0.25, 0.3) is 5.91 Å². The summed E-state index contributed by atoms with van der Waals surface area (Å²) in [5, 5.41) is 22.0. The van der Waals surface area contributed by atoms with E-state index in [-0.39, 0.29) is 23.8 Å². The van der Waals surface area contributed by atoms with Crippen molar-refractivity contribution in [3.63, 3.8) is 0 Å². The van der Waals surface area contributed by atoms with Gasteiger partial charge >= 0.3 is 0 Å². The van der Waals surface area contributed by atoms with Crippen LogP contribution >= 0.6 is 15.9 Å². The second-order valence-electron chi connectivity index (χ2n) is 4.76. The normalized spacial score (nSPS) is 17.7. The van der Waals surface area contributed by atoms with Crippen molar-refractivity contribution < 1.29 is 15.0 Å². The molecule has 1 saturated carbocycles. The van der Waals surface area contributed by atoms with Gasteiger partial charge < -0.3 is 15.5 Å². The van der Waals surface area contributed by atoms with Crippen LogP contribution in [0.4, 0.5) is 0 Å². The molecule has 98 valence electrons. The largest absolute Gasteiger partial charge is 0.507 e. The average molecular weight is 314 g/mol. The third-order valence-corrected chi connectivity index (χ3v) is 3.94. The maximum atomic E-state index is 12.1. The van der Waals surface area contributed by atoms with E-state index in [1.807, 2.05) is 0 Å². The molecule has 1 aromatic carbocycles. The van der Waals surface area contributed by atoms with E-state index in [1.54, 1.807) is 12.1 Å². The Balaban J connectivity index is 2.18. The summed E-state index contributed by atoms with van der Waals surface area (Å²) in [6, 6.07) is 4.72. The van der Waals surface area contributed by atoms with E-state index in [1.165, 1.54) is 6.07 Å². The number of hydrogen-bond acceptors (Lipinski definition) is 3. The molecule has 0 spiro atoms. The SMILES string of the molecule is O=C(NC1(CO)CCCC1)c1cc(Br)ccc1O. The molecule has 0 radical (unpaired) electrons. The van der Waals surface area contributed by atoms with Gasteiger partial charge in [-0.05, 0) is 31.0 Å². The summed E-state index contributed by atoms with van der Waals surface area (Å²) in [4.78, 5) is 12.1. The lowest BCUT2D eigenvalue weighted by Gasteiger charge is -2.28. The first-order valence-corrected chi connectivity index (χ1v) is 6.77. The number of phenols is 1. The van der Waals surface area contributed by atoms with Crippen LogP contribution in [0.3, 0.4) is 0 Å². The highest BCUT2D eigenvalue weighted by atomic mass is 79.9. The molecule has 0 saturated heterocycles. The molecule has 0 aliphatic heterocycles. The number of carbonyl (C=O) groups excluding carboxylic acids is 1. The third-order valence-electron chi connectivity index (χ3n) is 3.45. The van der Waals surface area contributed by atoms with E-state index in [2.05, 4.69) is 21.2 Å². The summed E-state index contributed by atoms with van der Waals surface area (Å²) < 4.78 is 0.731. The minimum absolute atomic E-state index is 0.0539. The topological polar surface area (TPSA) is 69.6 Å². The second kappa shape index (κ2) is 5.28. The van der Waals surface area contributed by atoms with Gasteiger partial charge in [-0.2, -0.15) is 0 Å². The average Bonchev–Trinajstić information content (AvgIpc) is 2.81. The number of aliphatic hydroxyl groups is 1. The van der Waals surface area contributed by atoms with Gasteiger partial charge in [-0.1, -0.05) is 28.8 Å². The highest BCUT2D eigenvalue weighted by molar-refractivity contribution is 9.10. The van der Waals surface area contributed by atoms with Gasteiger partial charge in [-0.15, -0.1) is 0 Å². The van der Waals surface area contributed by atoms with Crippen LogP contribution in [0.15, 0.2) is 22.7 Å². The number of carbonyl (C=O) groups is 1. The monoisotopic (exact) mass is 313 g/mol. The van der Waals surface area contributed by atoms with Crippen molar-refractivity contribution >= 4 is 21.8 Å². The number of nitrogens with one attached hydrogen (secondary N) is 1. The molecule has 1 amide bonds. The molecule has 0 atom stereocenters. The molecule has 1 aliphatic rings. The number of phenolic OH excluding ortho intramolecular Hbond substituents is 1. The molecule has 4 nitrogen and oxygen atoms in total. The van der Waals surface area contributed by atoms with E-state index >= 15 is 0 Å². The molecule has 18 heavy (non-hydrogen) atoms. The van der Waals surface area contributed by atoms with Crippen molar-refractivity contribution in [2.75, 3.05) is 6.61 Å². The highest BCUT2D eigenvalue weighted by Crippen LogP contribution is 2.30. The number of aromatic hydroxyl groups is 1. The van der Waals surface area contributed by atoms with Crippen LogP contribution in [0.25, 0.3) is 0 Å². The molecule has 3 N–H and O–H groups in total. The Kier molecular flexibility index (Phi) is 3.92. The minimum Gasteiger partial charge on any atom is -0.507 e. The number of hydrogen-bond donors (Lipinski definition) is 3. The van der Waals surface area contributed by atoms with E-state index in [9.17, 15) is 15.0 Å². The van der Waals surface area contributed by atoms with Crippen LogP contribution in [0, 0.1) is 0 Å². The Labute approximate surface area is 114 Å². The van der Waals surface area contributed by atoms with Gasteiger partial charge in [0.1, 0.15) is 5.75 Å². The number of halogens is 1. The van der Waals surface area contributed by atoms with Crippen LogP contribution in [0.2, 0.25) is 0 Å². The van der Waals surface area contributed by atoms with Gasteiger partial charge in [0, 0.05) is 4.47 Å². The van der Waals surface area contributed by atoms with Gasteiger partial charge in [0.05, 0.1) is 17.7 Å². The first-order chi connectivity index (χ1) is 8.56. The number of amides is 1. The quantitative estimate of drug-likeness (QED) is 0.801. The molecule has 0 unspecified atom stereocenters. The van der Waals surface area contributed by atoms with Crippen LogP contribution in [0.1, 0.15) is 36.0 Å². The first-order valence-electron chi connectivity index (χ1n) is 5.98. The zero-order valence-electron chi connectivity index (χ0n) is 9.95. The standard InChI is InChI=1S/C13H16BrNO3/c14-9-3-4-11(17)10(7-9)12(18)15-13(8-16)5-1-2-6-13/h3-4,7,16-17H,1-2,5-6,8H2,(H,15,18). The smallest absolute Gasteiger partial charge is 0.255 e. The summed E-state index contributed by atoms with van der Waals surface area (Å²) in [6.45, 7) is -0.0620. The Morgan fingerprint density at radius 1 is 1.39 bits per heavy atom. The van der Waals surface area contributed by atoms with Crippen LogP contribution < -0.4 is 5.32 Å². The lowest BCUT2D eigenvalue weighted by Crippen LogP contribution is -2.49.